The standard InChI is InChI=1S/C25H23BrN2O4S/c1-31-20-12-7-16(13-21(20)32-2)23-14-25(30)28(19-5-3-4-6-22(19)33-23)15-24(29)27-18-10-8-17(26)9-11-18/h3-13,23H,14-15H2,1-2H3,(H,27,29)/t23-/m1/s1. The minimum absolute atomic E-state index is 0.0644. The molecule has 33 heavy (non-hydrogen) atoms. The molecule has 170 valence electrons. The highest BCUT2D eigenvalue weighted by molar-refractivity contribution is 9.10. The second kappa shape index (κ2) is 10.3. The summed E-state index contributed by atoms with van der Waals surface area (Å²) in [6, 6.07) is 20.7. The minimum atomic E-state index is -0.255. The summed E-state index contributed by atoms with van der Waals surface area (Å²) in [5, 5.41) is 2.74. The number of rotatable bonds is 6. The first kappa shape index (κ1) is 23.2. The molecule has 3 aromatic rings. The van der Waals surface area contributed by atoms with Crippen LogP contribution in [0.25, 0.3) is 0 Å². The van der Waals surface area contributed by atoms with Crippen LogP contribution in [0.2, 0.25) is 0 Å². The van der Waals surface area contributed by atoms with Crippen molar-refractivity contribution in [3.63, 3.8) is 0 Å². The molecule has 3 aromatic carbocycles. The monoisotopic (exact) mass is 526 g/mol. The number of fused-ring (bicyclic) bond motifs is 1. The number of benzene rings is 3. The molecule has 1 heterocycles. The van der Waals surface area contributed by atoms with Crippen molar-refractivity contribution in [3.05, 3.63) is 76.8 Å². The van der Waals surface area contributed by atoms with Gasteiger partial charge in [-0.25, -0.2) is 0 Å². The van der Waals surface area contributed by atoms with Crippen LogP contribution in [0.15, 0.2) is 76.1 Å². The number of anilines is 2. The quantitative estimate of drug-likeness (QED) is 0.447. The number of ether oxygens (including phenoxy) is 2. The zero-order valence-corrected chi connectivity index (χ0v) is 20.6. The number of nitrogens with zero attached hydrogens (tertiary/aromatic N) is 1. The van der Waals surface area contributed by atoms with Gasteiger partial charge in [0.25, 0.3) is 0 Å². The highest BCUT2D eigenvalue weighted by Crippen LogP contribution is 2.46. The molecule has 1 N–H and O–H groups in total. The third kappa shape index (κ3) is 5.34. The Kier molecular flexibility index (Phi) is 7.25. The Labute approximate surface area is 205 Å². The summed E-state index contributed by atoms with van der Waals surface area (Å²) >= 11 is 4.99. The number of hydrogen-bond acceptors (Lipinski definition) is 5. The van der Waals surface area contributed by atoms with E-state index in [1.807, 2.05) is 66.7 Å². The molecule has 0 bridgehead atoms. The molecule has 0 aliphatic carbocycles. The summed E-state index contributed by atoms with van der Waals surface area (Å²) in [4.78, 5) is 28.6. The second-order valence-electron chi connectivity index (χ2n) is 7.43. The Morgan fingerprint density at radius 2 is 1.79 bits per heavy atom. The average Bonchev–Trinajstić information content (AvgIpc) is 2.96. The molecule has 2 amide bonds. The van der Waals surface area contributed by atoms with Crippen LogP contribution in [-0.2, 0) is 9.59 Å². The lowest BCUT2D eigenvalue weighted by Crippen LogP contribution is -2.38. The number of para-hydroxylation sites is 1. The topological polar surface area (TPSA) is 67.9 Å². The fraction of sp³-hybridized carbons (Fsp3) is 0.200. The van der Waals surface area contributed by atoms with Crippen LogP contribution < -0.4 is 19.7 Å². The van der Waals surface area contributed by atoms with Crippen LogP contribution in [-0.4, -0.2) is 32.6 Å². The van der Waals surface area contributed by atoms with E-state index in [4.69, 9.17) is 9.47 Å². The Bertz CT molecular complexity index is 1170. The number of methoxy groups -OCH3 is 2. The van der Waals surface area contributed by atoms with Gasteiger partial charge in [-0.05, 0) is 54.1 Å². The molecule has 1 atom stereocenters. The summed E-state index contributed by atoms with van der Waals surface area (Å²) in [6.07, 6.45) is 0.250. The maximum absolute atomic E-state index is 13.3. The molecule has 0 aromatic heterocycles. The maximum atomic E-state index is 13.3. The third-order valence-corrected chi connectivity index (χ3v) is 7.15. The highest BCUT2D eigenvalue weighted by atomic mass is 79.9. The number of nitrogens with one attached hydrogen (secondary N) is 1. The lowest BCUT2D eigenvalue weighted by molar-refractivity contribution is -0.121. The Morgan fingerprint density at radius 3 is 2.52 bits per heavy atom. The van der Waals surface area contributed by atoms with Crippen molar-refractivity contribution < 1.29 is 19.1 Å². The molecule has 0 saturated heterocycles. The summed E-state index contributed by atoms with van der Waals surface area (Å²) in [5.74, 6) is 0.886. The van der Waals surface area contributed by atoms with Gasteiger partial charge in [0.2, 0.25) is 11.8 Å². The largest absolute Gasteiger partial charge is 0.493 e. The first-order chi connectivity index (χ1) is 16.0. The van der Waals surface area contributed by atoms with E-state index >= 15 is 0 Å². The molecule has 0 unspecified atom stereocenters. The molecule has 0 saturated carbocycles. The number of carbonyl (C=O) groups excluding carboxylic acids is 2. The van der Waals surface area contributed by atoms with E-state index in [0.717, 1.165) is 20.6 Å². The molecule has 1 aliphatic rings. The van der Waals surface area contributed by atoms with Crippen LogP contribution in [0.5, 0.6) is 11.5 Å². The van der Waals surface area contributed by atoms with Gasteiger partial charge >= 0.3 is 0 Å². The van der Waals surface area contributed by atoms with E-state index in [0.29, 0.717) is 17.2 Å². The van der Waals surface area contributed by atoms with Gasteiger partial charge in [0.1, 0.15) is 6.54 Å². The molecular weight excluding hydrogens is 504 g/mol. The zero-order chi connectivity index (χ0) is 23.4. The number of halogens is 1. The second-order valence-corrected chi connectivity index (χ2v) is 9.59. The molecule has 6 nitrogen and oxygen atoms in total. The number of carbonyl (C=O) groups is 2. The molecule has 4 rings (SSSR count). The van der Waals surface area contributed by atoms with Crippen molar-refractivity contribution in [2.24, 2.45) is 0 Å². The van der Waals surface area contributed by atoms with Crippen molar-refractivity contribution >= 4 is 50.9 Å². The summed E-state index contributed by atoms with van der Waals surface area (Å²) in [5.41, 5.74) is 2.37. The smallest absolute Gasteiger partial charge is 0.244 e. The van der Waals surface area contributed by atoms with Crippen LogP contribution in [0.3, 0.4) is 0 Å². The van der Waals surface area contributed by atoms with Gasteiger partial charge in [0.05, 0.1) is 19.9 Å². The van der Waals surface area contributed by atoms with E-state index in [1.54, 1.807) is 30.9 Å². The van der Waals surface area contributed by atoms with Gasteiger partial charge < -0.3 is 19.7 Å². The summed E-state index contributed by atoms with van der Waals surface area (Å²) in [7, 11) is 3.18. The van der Waals surface area contributed by atoms with Crippen LogP contribution in [0, 0.1) is 0 Å². The van der Waals surface area contributed by atoms with E-state index in [-0.39, 0.29) is 30.0 Å². The molecule has 0 radical (unpaired) electrons. The Balaban J connectivity index is 1.59. The van der Waals surface area contributed by atoms with Gasteiger partial charge in [0.15, 0.2) is 11.5 Å². The first-order valence-electron chi connectivity index (χ1n) is 10.3. The SMILES string of the molecule is COc1ccc([C@H]2CC(=O)N(CC(=O)Nc3ccc(Br)cc3)c3ccccc3S2)cc1OC. The lowest BCUT2D eigenvalue weighted by Gasteiger charge is -2.22. The normalized spacial score (nSPS) is 15.4. The van der Waals surface area contributed by atoms with Crippen molar-refractivity contribution in [2.75, 3.05) is 31.0 Å². The first-order valence-corrected chi connectivity index (χ1v) is 12.0. The predicted octanol–water partition coefficient (Wildman–Crippen LogP) is 5.68. The van der Waals surface area contributed by atoms with Gasteiger partial charge in [0, 0.05) is 26.7 Å². The fourth-order valence-corrected chi connectivity index (χ4v) is 5.20. The highest BCUT2D eigenvalue weighted by Gasteiger charge is 2.30. The number of hydrogen-bond donors (Lipinski definition) is 1. The number of thioether (sulfide) groups is 1. The molecule has 0 spiro atoms. The maximum Gasteiger partial charge on any atom is 0.244 e. The van der Waals surface area contributed by atoms with Crippen molar-refractivity contribution in [1.82, 2.24) is 0 Å². The van der Waals surface area contributed by atoms with Crippen LogP contribution in [0.1, 0.15) is 17.2 Å². The van der Waals surface area contributed by atoms with E-state index in [1.165, 1.54) is 0 Å². The average molecular weight is 527 g/mol. The molecule has 0 fully saturated rings. The zero-order valence-electron chi connectivity index (χ0n) is 18.2. The van der Waals surface area contributed by atoms with Crippen LogP contribution >= 0.6 is 27.7 Å². The van der Waals surface area contributed by atoms with Gasteiger partial charge in [-0.1, -0.05) is 34.1 Å². The fourth-order valence-electron chi connectivity index (χ4n) is 3.67. The molecule has 1 aliphatic heterocycles. The lowest BCUT2D eigenvalue weighted by atomic mass is 10.1. The van der Waals surface area contributed by atoms with Gasteiger partial charge in [-0.3, -0.25) is 9.59 Å². The molecule has 8 heteroatoms. The van der Waals surface area contributed by atoms with Crippen molar-refractivity contribution in [2.45, 2.75) is 16.6 Å². The van der Waals surface area contributed by atoms with Gasteiger partial charge in [-0.2, -0.15) is 0 Å². The summed E-state index contributed by atoms with van der Waals surface area (Å²) < 4.78 is 11.7. The Hall–Kier alpha value is -2.97. The van der Waals surface area contributed by atoms with Crippen LogP contribution in [0.4, 0.5) is 11.4 Å². The van der Waals surface area contributed by atoms with E-state index in [2.05, 4.69) is 21.2 Å². The van der Waals surface area contributed by atoms with Crippen molar-refractivity contribution in [3.8, 4) is 11.5 Å². The summed E-state index contributed by atoms with van der Waals surface area (Å²) in [6.45, 7) is -0.0644. The van der Waals surface area contributed by atoms with E-state index in [9.17, 15) is 9.59 Å². The van der Waals surface area contributed by atoms with Gasteiger partial charge in [-0.15, -0.1) is 11.8 Å². The van der Waals surface area contributed by atoms with E-state index < -0.39 is 0 Å². The minimum Gasteiger partial charge on any atom is -0.493 e. The molecular formula is C25H23BrN2O4S. The van der Waals surface area contributed by atoms with Crippen molar-refractivity contribution in [1.29, 1.82) is 0 Å². The predicted molar refractivity (Wildman–Crippen MR) is 134 cm³/mol. The Morgan fingerprint density at radius 1 is 1.06 bits per heavy atom. The number of amides is 2. The third-order valence-electron chi connectivity index (χ3n) is 5.30.